The molecule has 0 bridgehead atoms. The number of phenols is 1. The maximum atomic E-state index is 10.5. The van der Waals surface area contributed by atoms with Gasteiger partial charge in [0.15, 0.2) is 0 Å². The first-order valence-electron chi connectivity index (χ1n) is 3.80. The monoisotopic (exact) mass is 213 g/mol. The third-order valence-electron chi connectivity index (χ3n) is 1.36. The number of aromatic hydroxyl groups is 1. The van der Waals surface area contributed by atoms with Gasteiger partial charge < -0.3 is 9.94 Å². The van der Waals surface area contributed by atoms with E-state index in [9.17, 15) is 4.79 Å². The molecule has 0 fully saturated rings. The number of rotatable bonds is 3. The molecule has 5 heteroatoms. The van der Waals surface area contributed by atoms with Crippen molar-refractivity contribution in [2.24, 2.45) is 5.16 Å². The molecule has 0 aliphatic carbocycles. The molecule has 0 amide bonds. The van der Waals surface area contributed by atoms with Crippen molar-refractivity contribution in [1.29, 1.82) is 0 Å². The van der Waals surface area contributed by atoms with E-state index in [1.807, 2.05) is 0 Å². The number of benzene rings is 1. The highest BCUT2D eigenvalue weighted by atomic mass is 35.5. The van der Waals surface area contributed by atoms with Gasteiger partial charge in [0.1, 0.15) is 11.6 Å². The lowest BCUT2D eigenvalue weighted by molar-refractivity contribution is -0.140. The molecule has 1 aromatic rings. The lowest BCUT2D eigenvalue weighted by atomic mass is 10.2. The maximum Gasteiger partial charge on any atom is 0.349 e. The Bertz CT molecular complexity index is 334. The first-order valence-corrected chi connectivity index (χ1v) is 4.34. The van der Waals surface area contributed by atoms with E-state index in [4.69, 9.17) is 16.7 Å². The minimum atomic E-state index is -0.610. The zero-order valence-corrected chi connectivity index (χ0v) is 7.94. The van der Waals surface area contributed by atoms with E-state index in [-0.39, 0.29) is 11.6 Å². The van der Waals surface area contributed by atoms with E-state index < -0.39 is 5.97 Å². The number of hydrogen-bond acceptors (Lipinski definition) is 4. The average molecular weight is 214 g/mol. The summed E-state index contributed by atoms with van der Waals surface area (Å²) in [5, 5.41) is 12.4. The highest BCUT2D eigenvalue weighted by molar-refractivity contribution is 6.26. The van der Waals surface area contributed by atoms with Crippen molar-refractivity contribution in [3.05, 3.63) is 29.8 Å². The fourth-order valence-corrected chi connectivity index (χ4v) is 0.780. The highest BCUT2D eigenvalue weighted by Crippen LogP contribution is 2.07. The Hall–Kier alpha value is -1.55. The SMILES string of the molecule is O=C(CCl)ON=Cc1ccc(O)cc1. The molecule has 0 unspecified atom stereocenters. The maximum absolute atomic E-state index is 10.5. The molecular formula is C9H8ClNO3. The van der Waals surface area contributed by atoms with Gasteiger partial charge in [-0.1, -0.05) is 5.16 Å². The van der Waals surface area contributed by atoms with Gasteiger partial charge in [-0.2, -0.15) is 0 Å². The van der Waals surface area contributed by atoms with Gasteiger partial charge in [-0.25, -0.2) is 4.79 Å². The topological polar surface area (TPSA) is 58.9 Å². The third-order valence-corrected chi connectivity index (χ3v) is 1.58. The second-order valence-corrected chi connectivity index (χ2v) is 2.69. The normalized spacial score (nSPS) is 10.4. The predicted molar refractivity (Wildman–Crippen MR) is 52.5 cm³/mol. The summed E-state index contributed by atoms with van der Waals surface area (Å²) in [6.45, 7) is 0. The van der Waals surface area contributed by atoms with Crippen LogP contribution in [0, 0.1) is 0 Å². The minimum Gasteiger partial charge on any atom is -0.508 e. The van der Waals surface area contributed by atoms with E-state index in [0.717, 1.165) is 0 Å². The number of carbonyl (C=O) groups is 1. The number of nitrogens with zero attached hydrogens (tertiary/aromatic N) is 1. The average Bonchev–Trinajstić information content (AvgIpc) is 2.21. The predicted octanol–water partition coefficient (Wildman–Crippen LogP) is 1.51. The van der Waals surface area contributed by atoms with Gasteiger partial charge >= 0.3 is 5.97 Å². The Morgan fingerprint density at radius 2 is 2.14 bits per heavy atom. The van der Waals surface area contributed by atoms with Crippen LogP contribution >= 0.6 is 11.6 Å². The van der Waals surface area contributed by atoms with Gasteiger partial charge in [0.05, 0.1) is 6.21 Å². The van der Waals surface area contributed by atoms with Crippen LogP contribution in [-0.2, 0) is 9.63 Å². The quantitative estimate of drug-likeness (QED) is 0.358. The molecule has 0 spiro atoms. The zero-order valence-electron chi connectivity index (χ0n) is 7.18. The molecule has 0 heterocycles. The van der Waals surface area contributed by atoms with Crippen LogP contribution in [0.4, 0.5) is 0 Å². The van der Waals surface area contributed by atoms with E-state index in [1.54, 1.807) is 12.1 Å². The second-order valence-electron chi connectivity index (χ2n) is 2.42. The van der Waals surface area contributed by atoms with Crippen molar-refractivity contribution >= 4 is 23.8 Å². The fourth-order valence-electron chi connectivity index (χ4n) is 0.731. The molecule has 74 valence electrons. The zero-order chi connectivity index (χ0) is 10.4. The molecule has 14 heavy (non-hydrogen) atoms. The number of carbonyl (C=O) groups excluding carboxylic acids is 1. The summed E-state index contributed by atoms with van der Waals surface area (Å²) in [4.78, 5) is 14.9. The molecule has 0 radical (unpaired) electrons. The molecule has 1 aromatic carbocycles. The van der Waals surface area contributed by atoms with E-state index in [1.165, 1.54) is 18.3 Å². The molecule has 4 nitrogen and oxygen atoms in total. The number of hydrogen-bond donors (Lipinski definition) is 1. The lowest BCUT2D eigenvalue weighted by Crippen LogP contribution is -2.00. The summed E-state index contributed by atoms with van der Waals surface area (Å²) < 4.78 is 0. The van der Waals surface area contributed by atoms with Crippen molar-refractivity contribution in [3.63, 3.8) is 0 Å². The van der Waals surface area contributed by atoms with Crippen LogP contribution in [0.5, 0.6) is 5.75 Å². The van der Waals surface area contributed by atoms with Crippen molar-refractivity contribution in [3.8, 4) is 5.75 Å². The van der Waals surface area contributed by atoms with Crippen molar-refractivity contribution in [2.45, 2.75) is 0 Å². The Morgan fingerprint density at radius 1 is 1.50 bits per heavy atom. The molecular weight excluding hydrogens is 206 g/mol. The summed E-state index contributed by atoms with van der Waals surface area (Å²) in [5.41, 5.74) is 0.713. The lowest BCUT2D eigenvalue weighted by Gasteiger charge is -1.93. The van der Waals surface area contributed by atoms with Gasteiger partial charge in [-0.05, 0) is 29.8 Å². The van der Waals surface area contributed by atoms with Crippen LogP contribution in [0.25, 0.3) is 0 Å². The molecule has 0 saturated heterocycles. The Labute approximate surface area is 85.7 Å². The summed E-state index contributed by atoms with van der Waals surface area (Å²) in [5.74, 6) is -0.672. The molecule has 1 rings (SSSR count). The molecule has 0 aliphatic rings. The highest BCUT2D eigenvalue weighted by Gasteiger charge is 1.96. The fraction of sp³-hybridized carbons (Fsp3) is 0.111. The molecule has 0 saturated carbocycles. The summed E-state index contributed by atoms with van der Waals surface area (Å²) in [6, 6.07) is 6.27. The van der Waals surface area contributed by atoms with E-state index >= 15 is 0 Å². The van der Waals surface area contributed by atoms with E-state index in [2.05, 4.69) is 9.99 Å². The van der Waals surface area contributed by atoms with Gasteiger partial charge in [-0.3, -0.25) is 0 Å². The number of halogens is 1. The number of oxime groups is 1. The minimum absolute atomic E-state index is 0.167. The van der Waals surface area contributed by atoms with Crippen LogP contribution in [0.15, 0.2) is 29.4 Å². The summed E-state index contributed by atoms with van der Waals surface area (Å²) >= 11 is 5.17. The Kier molecular flexibility index (Phi) is 3.94. The van der Waals surface area contributed by atoms with Gasteiger partial charge in [-0.15, -0.1) is 11.6 Å². The molecule has 0 aliphatic heterocycles. The van der Waals surface area contributed by atoms with Crippen LogP contribution < -0.4 is 0 Å². The first kappa shape index (κ1) is 10.5. The largest absolute Gasteiger partial charge is 0.508 e. The van der Waals surface area contributed by atoms with Crippen molar-refractivity contribution in [1.82, 2.24) is 0 Å². The Morgan fingerprint density at radius 3 is 2.71 bits per heavy atom. The molecule has 0 aromatic heterocycles. The third kappa shape index (κ3) is 3.45. The van der Waals surface area contributed by atoms with E-state index in [0.29, 0.717) is 5.56 Å². The molecule has 1 N–H and O–H groups in total. The van der Waals surface area contributed by atoms with Gasteiger partial charge in [0.2, 0.25) is 0 Å². The van der Waals surface area contributed by atoms with Crippen molar-refractivity contribution < 1.29 is 14.7 Å². The smallest absolute Gasteiger partial charge is 0.349 e. The number of alkyl halides is 1. The van der Waals surface area contributed by atoms with Crippen LogP contribution in [-0.4, -0.2) is 23.2 Å². The summed E-state index contributed by atoms with van der Waals surface area (Å²) in [6.07, 6.45) is 1.35. The van der Waals surface area contributed by atoms with Crippen LogP contribution in [0.1, 0.15) is 5.56 Å². The van der Waals surface area contributed by atoms with Crippen LogP contribution in [0.2, 0.25) is 0 Å². The van der Waals surface area contributed by atoms with Crippen molar-refractivity contribution in [2.75, 3.05) is 5.88 Å². The first-order chi connectivity index (χ1) is 6.72. The standard InChI is InChI=1S/C9H8ClNO3/c10-5-9(13)14-11-6-7-1-3-8(12)4-2-7/h1-4,6,12H,5H2. The summed E-state index contributed by atoms with van der Waals surface area (Å²) in [7, 11) is 0. The van der Waals surface area contributed by atoms with Crippen LogP contribution in [0.3, 0.4) is 0 Å². The molecule has 0 atom stereocenters. The number of phenolic OH excluding ortho intramolecular Hbond substituents is 1. The second kappa shape index (κ2) is 5.24. The van der Waals surface area contributed by atoms with Gasteiger partial charge in [0, 0.05) is 0 Å². The Balaban J connectivity index is 2.52. The van der Waals surface area contributed by atoms with Gasteiger partial charge in [0.25, 0.3) is 0 Å².